The van der Waals surface area contributed by atoms with Gasteiger partial charge in [-0.2, -0.15) is 0 Å². The quantitative estimate of drug-likeness (QED) is 0.112. The fourth-order valence-corrected chi connectivity index (χ4v) is 10.9. The summed E-state index contributed by atoms with van der Waals surface area (Å²) >= 11 is 1.66. The van der Waals surface area contributed by atoms with E-state index in [1.807, 2.05) is 18.2 Å². The number of fused-ring (bicyclic) bond motifs is 2. The Labute approximate surface area is 393 Å². The zero-order valence-electron chi connectivity index (χ0n) is 38.2. The van der Waals surface area contributed by atoms with Crippen LogP contribution in [0.4, 0.5) is 0 Å². The van der Waals surface area contributed by atoms with E-state index in [0.29, 0.717) is 5.92 Å². The summed E-state index contributed by atoms with van der Waals surface area (Å²) in [6.07, 6.45) is 3.24. The van der Waals surface area contributed by atoms with Gasteiger partial charge in [0.05, 0.1) is 24.9 Å². The zero-order valence-corrected chi connectivity index (χ0v) is 42.4. The number of hydrogen-bond acceptors (Lipinski definition) is 3. The van der Waals surface area contributed by atoms with Gasteiger partial charge >= 0.3 is 0 Å². The Balaban J connectivity index is 0.000000239. The molecule has 0 amide bonds. The van der Waals surface area contributed by atoms with Gasteiger partial charge in [-0.25, -0.2) is 0 Å². The van der Waals surface area contributed by atoms with Gasteiger partial charge in [0.2, 0.25) is 0 Å². The van der Waals surface area contributed by atoms with Gasteiger partial charge in [-0.1, -0.05) is 166 Å². The van der Waals surface area contributed by atoms with Crippen LogP contribution in [0.15, 0.2) is 146 Å². The monoisotopic (exact) mass is 1040 g/mol. The topological polar surface area (TPSA) is 30.7 Å². The molecule has 0 spiro atoms. The van der Waals surface area contributed by atoms with Gasteiger partial charge in [0.15, 0.2) is 0 Å². The largest absolute Gasteiger partial charge is 0.333 e. The molecule has 9 rings (SSSR count). The molecule has 1 radical (unpaired) electrons. The van der Waals surface area contributed by atoms with Crippen molar-refractivity contribution < 1.29 is 20.1 Å². The van der Waals surface area contributed by atoms with E-state index in [0.717, 1.165) is 45.8 Å². The number of aromatic nitrogens is 3. The fourth-order valence-electron chi connectivity index (χ4n) is 8.47. The van der Waals surface area contributed by atoms with E-state index in [9.17, 15) is 0 Å². The number of imidazole rings is 1. The van der Waals surface area contributed by atoms with Crippen molar-refractivity contribution in [3.05, 3.63) is 179 Å². The predicted molar refractivity (Wildman–Crippen MR) is 270 cm³/mol. The Morgan fingerprint density at radius 2 is 1.38 bits per heavy atom. The van der Waals surface area contributed by atoms with Crippen LogP contribution in [-0.2, 0) is 31.9 Å². The van der Waals surface area contributed by atoms with Crippen LogP contribution in [0.25, 0.3) is 71.7 Å². The predicted octanol–water partition coefficient (Wildman–Crippen LogP) is 15.2. The maximum Gasteiger partial charge on any atom is 0.0798 e. The van der Waals surface area contributed by atoms with Gasteiger partial charge in [0, 0.05) is 32.0 Å². The van der Waals surface area contributed by atoms with Crippen molar-refractivity contribution in [2.75, 3.05) is 0 Å². The standard InChI is InChI=1S/C39H33N2S.C18H24NSi.Ir/c1-25-9-8-10-26(2)37(25)29-17-22-36-32(23-29)33(24-42-36)38-40-34-11-6-7-12-35(34)41(38)31-20-15-28(16-21-31)27-13-18-30(19-14-27)39(3,4)5;1-14(2)11-16-12-17(15-9-7-6-8-10-15)19-13-18(16)20(3,4)5;/h6-23H,1-5H3;6-9,12-14H,11H2,1-5H3;/q2*-1;. The van der Waals surface area contributed by atoms with Crippen molar-refractivity contribution in [3.63, 3.8) is 0 Å². The van der Waals surface area contributed by atoms with Crippen molar-refractivity contribution >= 4 is 45.7 Å². The molecule has 63 heavy (non-hydrogen) atoms. The van der Waals surface area contributed by atoms with Crippen LogP contribution in [0.1, 0.15) is 56.9 Å². The minimum absolute atomic E-state index is 0. The molecule has 0 aliphatic carbocycles. The van der Waals surface area contributed by atoms with Crippen LogP contribution in [0.3, 0.4) is 0 Å². The molecular weight excluding hydrogens is 979 g/mol. The number of pyridine rings is 1. The SMILES string of the molecule is CC(C)Cc1cc(-c2[c-]cccc2)ncc1[Si](C)(C)C.Cc1cccc(C)c1-c1ccc2s[c-]c(-c3nc4ccccc4n3-c3ccc(-c4ccc(C(C)(C)C)cc4)cc3)c2c1.[Ir]. The third-order valence-electron chi connectivity index (χ3n) is 11.7. The molecule has 6 heteroatoms. The molecule has 0 N–H and O–H groups in total. The third-order valence-corrected chi connectivity index (χ3v) is 14.6. The molecule has 321 valence electrons. The van der Waals surface area contributed by atoms with E-state index in [-0.39, 0.29) is 25.5 Å². The molecule has 0 aliphatic heterocycles. The number of benzene rings is 6. The molecular formula is C57H57IrN3SSi-2. The molecule has 9 aromatic rings. The molecule has 3 aromatic heterocycles. The summed E-state index contributed by atoms with van der Waals surface area (Å²) in [5, 5.41) is 6.30. The molecule has 0 unspecified atom stereocenters. The van der Waals surface area contributed by atoms with E-state index >= 15 is 0 Å². The van der Waals surface area contributed by atoms with Gasteiger partial charge in [-0.3, -0.25) is 16.3 Å². The minimum Gasteiger partial charge on any atom is -0.333 e. The van der Waals surface area contributed by atoms with E-state index < -0.39 is 8.07 Å². The average molecular weight is 1040 g/mol. The number of aryl methyl sites for hydroxylation is 2. The average Bonchev–Trinajstić information content (AvgIpc) is 3.85. The Kier molecular flexibility index (Phi) is 13.7. The van der Waals surface area contributed by atoms with E-state index in [1.165, 1.54) is 59.8 Å². The fraction of sp³-hybridized carbons (Fsp3) is 0.228. The first-order valence-electron chi connectivity index (χ1n) is 21.8. The van der Waals surface area contributed by atoms with Crippen molar-refractivity contribution in [1.29, 1.82) is 0 Å². The zero-order chi connectivity index (χ0) is 43.8. The molecule has 3 nitrogen and oxygen atoms in total. The van der Waals surface area contributed by atoms with Crippen molar-refractivity contribution in [1.82, 2.24) is 14.5 Å². The van der Waals surface area contributed by atoms with Crippen molar-refractivity contribution in [3.8, 4) is 50.6 Å². The summed E-state index contributed by atoms with van der Waals surface area (Å²) in [6, 6.07) is 53.1. The summed E-state index contributed by atoms with van der Waals surface area (Å²) < 4.78 is 3.50. The van der Waals surface area contributed by atoms with Gasteiger partial charge in [0.25, 0.3) is 0 Å². The number of para-hydroxylation sites is 2. The number of rotatable bonds is 8. The third kappa shape index (κ3) is 9.96. The van der Waals surface area contributed by atoms with Crippen molar-refractivity contribution in [2.45, 2.75) is 79.9 Å². The van der Waals surface area contributed by atoms with E-state index in [2.05, 4.69) is 217 Å². The van der Waals surface area contributed by atoms with E-state index in [1.54, 1.807) is 11.3 Å². The van der Waals surface area contributed by atoms with Gasteiger partial charge in [-0.05, 0) is 106 Å². The van der Waals surface area contributed by atoms with Crippen LogP contribution in [-0.4, -0.2) is 22.6 Å². The van der Waals surface area contributed by atoms with Crippen LogP contribution < -0.4 is 5.19 Å². The summed E-state index contributed by atoms with van der Waals surface area (Å²) in [6.45, 7) is 22.9. The van der Waals surface area contributed by atoms with Crippen LogP contribution in [0, 0.1) is 31.2 Å². The molecule has 0 saturated carbocycles. The summed E-state index contributed by atoms with van der Waals surface area (Å²) in [7, 11) is -1.34. The molecule has 0 saturated heterocycles. The Hall–Kier alpha value is -5.23. The van der Waals surface area contributed by atoms with Crippen LogP contribution in [0.5, 0.6) is 0 Å². The second-order valence-electron chi connectivity index (χ2n) is 19.0. The van der Waals surface area contributed by atoms with Crippen molar-refractivity contribution in [2.24, 2.45) is 5.92 Å². The number of thiophene rings is 1. The smallest absolute Gasteiger partial charge is 0.0798 e. The normalized spacial score (nSPS) is 11.7. The molecule has 3 heterocycles. The van der Waals surface area contributed by atoms with Gasteiger partial charge in [0.1, 0.15) is 0 Å². The van der Waals surface area contributed by atoms with E-state index in [4.69, 9.17) is 4.98 Å². The summed E-state index contributed by atoms with van der Waals surface area (Å²) in [4.78, 5) is 9.86. The maximum absolute atomic E-state index is 5.17. The summed E-state index contributed by atoms with van der Waals surface area (Å²) in [5.74, 6) is 1.59. The van der Waals surface area contributed by atoms with Gasteiger partial charge in [-0.15, -0.1) is 41.3 Å². The van der Waals surface area contributed by atoms with Gasteiger partial charge < -0.3 is 9.55 Å². The maximum atomic E-state index is 5.17. The van der Waals surface area contributed by atoms with Crippen LogP contribution >= 0.6 is 11.3 Å². The second kappa shape index (κ2) is 18.9. The molecule has 0 atom stereocenters. The minimum atomic E-state index is -1.34. The molecule has 0 bridgehead atoms. The Bertz CT molecular complexity index is 2960. The Morgan fingerprint density at radius 3 is 2.02 bits per heavy atom. The summed E-state index contributed by atoms with van der Waals surface area (Å²) in [5.41, 5.74) is 16.8. The van der Waals surface area contributed by atoms with Crippen LogP contribution in [0.2, 0.25) is 19.6 Å². The number of nitrogens with zero attached hydrogens (tertiary/aromatic N) is 3. The molecule has 6 aromatic carbocycles. The second-order valence-corrected chi connectivity index (χ2v) is 24.9. The first-order valence-corrected chi connectivity index (χ1v) is 26.1. The molecule has 0 fully saturated rings. The number of hydrogen-bond donors (Lipinski definition) is 0. The Morgan fingerprint density at radius 1 is 0.730 bits per heavy atom. The first kappa shape index (κ1) is 45.8. The first-order chi connectivity index (χ1) is 29.7. The molecule has 0 aliphatic rings.